The van der Waals surface area contributed by atoms with Crippen molar-refractivity contribution >= 4 is 5.69 Å². The highest BCUT2D eigenvalue weighted by Crippen LogP contribution is 2.54. The van der Waals surface area contributed by atoms with E-state index in [9.17, 15) is 5.26 Å². The molecule has 4 unspecified atom stereocenters. The molecule has 1 spiro atoms. The van der Waals surface area contributed by atoms with E-state index >= 15 is 0 Å². The first-order chi connectivity index (χ1) is 22.8. The number of rotatable bonds is 6. The van der Waals surface area contributed by atoms with Crippen molar-refractivity contribution in [2.24, 2.45) is 0 Å². The van der Waals surface area contributed by atoms with E-state index < -0.39 is 5.41 Å². The molecule has 4 atom stereocenters. The number of nitrogens with two attached hydrogens (primary N) is 1. The lowest BCUT2D eigenvalue weighted by atomic mass is 9.68. The van der Waals surface area contributed by atoms with Crippen molar-refractivity contribution in [3.63, 3.8) is 0 Å². The summed E-state index contributed by atoms with van der Waals surface area (Å²) in [6.07, 6.45) is 8.06. The summed E-state index contributed by atoms with van der Waals surface area (Å²) in [5.74, 6) is 2.31. The number of benzene rings is 1. The van der Waals surface area contributed by atoms with Gasteiger partial charge in [-0.2, -0.15) is 15.3 Å². The second-order valence-electron chi connectivity index (χ2n) is 13.7. The second-order valence-corrected chi connectivity index (χ2v) is 13.7. The Kier molecular flexibility index (Phi) is 7.31. The Bertz CT molecular complexity index is 1890. The highest BCUT2D eigenvalue weighted by molar-refractivity contribution is 5.68. The SMILES string of the molecule is COC1CCN(C)C1C(C)Oc1cc(-n2cc3c(n2)CCN(C)C3)nc(-c2noc3c2CCCC32CCc3ccc(N)c(C#N)c32)n1. The number of nitrogen functional groups attached to an aromatic ring is 1. The summed E-state index contributed by atoms with van der Waals surface area (Å²) in [5.41, 5.74) is 13.0. The molecule has 1 saturated heterocycles. The third kappa shape index (κ3) is 4.82. The van der Waals surface area contributed by atoms with E-state index in [-0.39, 0.29) is 18.2 Å². The number of methoxy groups -OCH3 is 1. The lowest BCUT2D eigenvalue weighted by Crippen LogP contribution is -2.44. The van der Waals surface area contributed by atoms with E-state index in [1.807, 2.05) is 16.8 Å². The van der Waals surface area contributed by atoms with Crippen molar-refractivity contribution in [1.82, 2.24) is 34.7 Å². The minimum Gasteiger partial charge on any atom is -0.473 e. The molecular weight excluding hydrogens is 594 g/mol. The lowest BCUT2D eigenvalue weighted by molar-refractivity contribution is 0.0174. The molecule has 2 N–H and O–H groups in total. The van der Waals surface area contributed by atoms with Gasteiger partial charge in [-0.3, -0.25) is 4.90 Å². The molecule has 4 aromatic rings. The summed E-state index contributed by atoms with van der Waals surface area (Å²) in [6, 6.07) is 8.24. The van der Waals surface area contributed by atoms with Crippen LogP contribution in [0, 0.1) is 11.3 Å². The summed E-state index contributed by atoms with van der Waals surface area (Å²) in [5, 5.41) is 19.7. The highest BCUT2D eigenvalue weighted by Gasteiger charge is 2.49. The number of fused-ring (bicyclic) bond motifs is 5. The number of likely N-dealkylation sites (tertiary alicyclic amines) is 1. The van der Waals surface area contributed by atoms with Crippen LogP contribution in [0.5, 0.6) is 5.88 Å². The maximum atomic E-state index is 10.1. The van der Waals surface area contributed by atoms with Crippen LogP contribution in [0.3, 0.4) is 0 Å². The Morgan fingerprint density at radius 2 is 2.00 bits per heavy atom. The summed E-state index contributed by atoms with van der Waals surface area (Å²) < 4.78 is 20.6. The fourth-order valence-electron chi connectivity index (χ4n) is 8.64. The summed E-state index contributed by atoms with van der Waals surface area (Å²) >= 11 is 0. The van der Waals surface area contributed by atoms with E-state index in [0.29, 0.717) is 34.5 Å². The molecule has 0 saturated carbocycles. The first kappa shape index (κ1) is 30.1. The summed E-state index contributed by atoms with van der Waals surface area (Å²) in [4.78, 5) is 14.6. The van der Waals surface area contributed by atoms with E-state index in [2.05, 4.69) is 54.3 Å². The quantitative estimate of drug-likeness (QED) is 0.309. The van der Waals surface area contributed by atoms with Gasteiger partial charge in [-0.25, -0.2) is 9.67 Å². The van der Waals surface area contributed by atoms with Gasteiger partial charge in [-0.15, -0.1) is 0 Å². The zero-order valence-corrected chi connectivity index (χ0v) is 27.5. The van der Waals surface area contributed by atoms with Gasteiger partial charge in [0.2, 0.25) is 5.88 Å². The summed E-state index contributed by atoms with van der Waals surface area (Å²) in [6.45, 7) is 4.82. The molecule has 5 heterocycles. The lowest BCUT2D eigenvalue weighted by Gasteiger charge is -2.33. The van der Waals surface area contributed by atoms with Crippen LogP contribution in [-0.2, 0) is 36.0 Å². The molecule has 1 aromatic carbocycles. The molecule has 4 aliphatic rings. The normalized spacial score (nSPS) is 24.6. The number of nitriles is 1. The van der Waals surface area contributed by atoms with Gasteiger partial charge >= 0.3 is 0 Å². The topological polar surface area (TPSA) is 144 Å². The predicted molar refractivity (Wildman–Crippen MR) is 174 cm³/mol. The first-order valence-electron chi connectivity index (χ1n) is 16.7. The number of hydrogen-bond donors (Lipinski definition) is 1. The zero-order valence-electron chi connectivity index (χ0n) is 27.5. The molecule has 0 bridgehead atoms. The van der Waals surface area contributed by atoms with Crippen LogP contribution in [0.1, 0.15) is 71.9 Å². The smallest absolute Gasteiger partial charge is 0.219 e. The largest absolute Gasteiger partial charge is 0.473 e. The van der Waals surface area contributed by atoms with Gasteiger partial charge in [0, 0.05) is 62.2 Å². The third-order valence-electron chi connectivity index (χ3n) is 10.9. The van der Waals surface area contributed by atoms with Gasteiger partial charge in [0.1, 0.15) is 12.2 Å². The van der Waals surface area contributed by atoms with Crippen LogP contribution in [0.15, 0.2) is 28.9 Å². The first-order valence-corrected chi connectivity index (χ1v) is 16.7. The maximum absolute atomic E-state index is 10.1. The molecule has 47 heavy (non-hydrogen) atoms. The Morgan fingerprint density at radius 3 is 2.83 bits per heavy atom. The van der Waals surface area contributed by atoms with Gasteiger partial charge < -0.3 is 24.6 Å². The van der Waals surface area contributed by atoms with Gasteiger partial charge in [0.15, 0.2) is 23.1 Å². The zero-order chi connectivity index (χ0) is 32.4. The molecular formula is C35H41N9O3. The number of anilines is 1. The highest BCUT2D eigenvalue weighted by atomic mass is 16.5. The van der Waals surface area contributed by atoms with Crippen LogP contribution in [0.25, 0.3) is 17.3 Å². The molecule has 0 amide bonds. The van der Waals surface area contributed by atoms with Gasteiger partial charge in [0.05, 0.1) is 28.8 Å². The molecule has 244 valence electrons. The van der Waals surface area contributed by atoms with Crippen LogP contribution in [0.2, 0.25) is 0 Å². The fourth-order valence-corrected chi connectivity index (χ4v) is 8.64. The van der Waals surface area contributed by atoms with Crippen molar-refractivity contribution in [2.45, 2.75) is 82.1 Å². The van der Waals surface area contributed by atoms with E-state index in [4.69, 9.17) is 34.8 Å². The van der Waals surface area contributed by atoms with Crippen LogP contribution in [-0.4, -0.2) is 87.2 Å². The Morgan fingerprint density at radius 1 is 1.13 bits per heavy atom. The van der Waals surface area contributed by atoms with Gasteiger partial charge in [-0.05, 0) is 76.7 Å². The van der Waals surface area contributed by atoms with E-state index in [0.717, 1.165) is 92.7 Å². The van der Waals surface area contributed by atoms with Crippen molar-refractivity contribution in [2.75, 3.05) is 40.0 Å². The van der Waals surface area contributed by atoms with Gasteiger partial charge in [-0.1, -0.05) is 11.2 Å². The van der Waals surface area contributed by atoms with Gasteiger partial charge in [0.25, 0.3) is 0 Å². The molecule has 12 nitrogen and oxygen atoms in total. The maximum Gasteiger partial charge on any atom is 0.219 e. The molecule has 0 radical (unpaired) electrons. The minimum absolute atomic E-state index is 0.0750. The Hall–Kier alpha value is -4.31. The predicted octanol–water partition coefficient (Wildman–Crippen LogP) is 3.81. The monoisotopic (exact) mass is 635 g/mol. The van der Waals surface area contributed by atoms with Crippen LogP contribution in [0.4, 0.5) is 5.69 Å². The second kappa shape index (κ2) is 11.4. The van der Waals surface area contributed by atoms with Crippen molar-refractivity contribution in [1.29, 1.82) is 5.26 Å². The molecule has 8 rings (SSSR count). The standard InChI is InChI=1S/C35H41N9O3/c1-20(32-27(45-4)11-15-43(32)3)46-29-16-28(44-19-22-18-42(2)14-10-26(22)40-44)38-34(39-29)31-23-6-5-12-35(33(23)47-41-31)13-9-21-7-8-25(37)24(17-36)30(21)35/h7-8,16,19-20,27,32H,5-6,9-15,18,37H2,1-4H3. The van der Waals surface area contributed by atoms with E-state index in [1.165, 1.54) is 5.56 Å². The van der Waals surface area contributed by atoms with Crippen LogP contribution < -0.4 is 10.5 Å². The Balaban J connectivity index is 1.23. The number of aryl methyl sites for hydroxylation is 1. The number of ether oxygens (including phenoxy) is 2. The van der Waals surface area contributed by atoms with Crippen molar-refractivity contribution in [3.05, 3.63) is 63.7 Å². The fraction of sp³-hybridized carbons (Fsp3) is 0.514. The third-order valence-corrected chi connectivity index (χ3v) is 10.9. The van der Waals surface area contributed by atoms with Crippen LogP contribution >= 0.6 is 0 Å². The average Bonchev–Trinajstić information content (AvgIpc) is 3.86. The number of hydrogen-bond acceptors (Lipinski definition) is 11. The van der Waals surface area contributed by atoms with Crippen molar-refractivity contribution < 1.29 is 14.0 Å². The van der Waals surface area contributed by atoms with E-state index in [1.54, 1.807) is 7.11 Å². The molecule has 2 aliphatic heterocycles. The number of aromatic nitrogens is 5. The molecule has 2 aliphatic carbocycles. The molecule has 12 heteroatoms. The average molecular weight is 636 g/mol. The molecule has 1 fully saturated rings. The summed E-state index contributed by atoms with van der Waals surface area (Å²) in [7, 11) is 6.00. The minimum atomic E-state index is -0.449. The number of nitrogens with zero attached hydrogens (tertiary/aromatic N) is 8. The Labute approximate surface area is 274 Å². The molecule has 3 aromatic heterocycles. The van der Waals surface area contributed by atoms with Crippen molar-refractivity contribution in [3.8, 4) is 29.3 Å². The number of likely N-dealkylation sites (N-methyl/N-ethyl adjacent to an activating group) is 2.